The minimum Gasteiger partial charge on any atom is -0.384 e. The van der Waals surface area contributed by atoms with Crippen LogP contribution in [-0.4, -0.2) is 9.97 Å². The Morgan fingerprint density at radius 3 is 2.72 bits per heavy atom. The van der Waals surface area contributed by atoms with E-state index < -0.39 is 0 Å². The van der Waals surface area contributed by atoms with Gasteiger partial charge in [0.25, 0.3) is 0 Å². The summed E-state index contributed by atoms with van der Waals surface area (Å²) < 4.78 is 13.5. The molecule has 0 bridgehead atoms. The first-order valence-electron chi connectivity index (χ1n) is 5.66. The lowest BCUT2D eigenvalue weighted by molar-refractivity contribution is 0.614. The number of aromatic nitrogens is 2. The van der Waals surface area contributed by atoms with Crippen molar-refractivity contribution in [3.05, 3.63) is 47.5 Å². The van der Waals surface area contributed by atoms with E-state index in [1.54, 1.807) is 19.1 Å². The molecule has 1 aromatic carbocycles. The molecular formula is C13H15FN4. The van der Waals surface area contributed by atoms with Crippen LogP contribution in [0, 0.1) is 12.7 Å². The van der Waals surface area contributed by atoms with Crippen molar-refractivity contribution in [2.75, 3.05) is 11.1 Å². The number of nitrogens with one attached hydrogen (secondary N) is 1. The van der Waals surface area contributed by atoms with Crippen LogP contribution in [0.2, 0.25) is 0 Å². The minimum atomic E-state index is -0.205. The standard InChI is InChI=1S/C13H15FN4/c1-8-3-4-10(5-11(8)14)9(2)18-13-6-12(15)16-7-17-13/h3-7,9H,1-2H3,(H3,15,16,17,18). The van der Waals surface area contributed by atoms with Crippen molar-refractivity contribution in [3.63, 3.8) is 0 Å². The number of nitrogens with zero attached hydrogens (tertiary/aromatic N) is 2. The Kier molecular flexibility index (Phi) is 3.41. The van der Waals surface area contributed by atoms with Gasteiger partial charge >= 0.3 is 0 Å². The maximum Gasteiger partial charge on any atom is 0.131 e. The van der Waals surface area contributed by atoms with Gasteiger partial charge in [0.2, 0.25) is 0 Å². The molecule has 1 heterocycles. The molecule has 5 heteroatoms. The van der Waals surface area contributed by atoms with Gasteiger partial charge in [-0.1, -0.05) is 12.1 Å². The summed E-state index contributed by atoms with van der Waals surface area (Å²) in [4.78, 5) is 7.86. The van der Waals surface area contributed by atoms with E-state index in [4.69, 9.17) is 5.73 Å². The second kappa shape index (κ2) is 5.00. The van der Waals surface area contributed by atoms with E-state index >= 15 is 0 Å². The van der Waals surface area contributed by atoms with Gasteiger partial charge in [0.05, 0.1) is 6.04 Å². The normalized spacial score (nSPS) is 12.2. The van der Waals surface area contributed by atoms with Gasteiger partial charge in [-0.3, -0.25) is 0 Å². The Morgan fingerprint density at radius 1 is 1.28 bits per heavy atom. The lowest BCUT2D eigenvalue weighted by Gasteiger charge is -2.15. The second-order valence-electron chi connectivity index (χ2n) is 4.20. The molecule has 94 valence electrons. The van der Waals surface area contributed by atoms with Crippen molar-refractivity contribution in [1.82, 2.24) is 9.97 Å². The van der Waals surface area contributed by atoms with Gasteiger partial charge in [-0.15, -0.1) is 0 Å². The number of aryl methyl sites for hydroxylation is 1. The molecule has 2 rings (SSSR count). The van der Waals surface area contributed by atoms with Crippen molar-refractivity contribution >= 4 is 11.6 Å². The molecule has 0 spiro atoms. The molecule has 0 amide bonds. The number of rotatable bonds is 3. The maximum atomic E-state index is 13.5. The van der Waals surface area contributed by atoms with Gasteiger partial charge in [-0.25, -0.2) is 14.4 Å². The molecule has 0 aliphatic rings. The predicted octanol–water partition coefficient (Wildman–Crippen LogP) is 2.68. The molecule has 4 nitrogen and oxygen atoms in total. The van der Waals surface area contributed by atoms with E-state index in [9.17, 15) is 4.39 Å². The number of halogens is 1. The molecule has 0 saturated heterocycles. The van der Waals surface area contributed by atoms with Crippen molar-refractivity contribution in [2.24, 2.45) is 0 Å². The smallest absolute Gasteiger partial charge is 0.131 e. The molecule has 1 unspecified atom stereocenters. The van der Waals surface area contributed by atoms with Gasteiger partial charge in [-0.05, 0) is 31.0 Å². The molecule has 1 aromatic heterocycles. The molecule has 3 N–H and O–H groups in total. The summed E-state index contributed by atoms with van der Waals surface area (Å²) in [6, 6.07) is 6.76. The maximum absolute atomic E-state index is 13.5. The third kappa shape index (κ3) is 2.74. The van der Waals surface area contributed by atoms with Gasteiger partial charge in [0.15, 0.2) is 0 Å². The quantitative estimate of drug-likeness (QED) is 0.874. The van der Waals surface area contributed by atoms with Crippen molar-refractivity contribution in [1.29, 1.82) is 0 Å². The first kappa shape index (κ1) is 12.3. The Bertz CT molecular complexity index is 556. The molecule has 0 fully saturated rings. The van der Waals surface area contributed by atoms with Crippen molar-refractivity contribution in [3.8, 4) is 0 Å². The van der Waals surface area contributed by atoms with E-state index in [1.807, 2.05) is 13.0 Å². The molecule has 18 heavy (non-hydrogen) atoms. The third-order valence-electron chi connectivity index (χ3n) is 2.75. The van der Waals surface area contributed by atoms with Gasteiger partial charge in [-0.2, -0.15) is 0 Å². The largest absolute Gasteiger partial charge is 0.384 e. The molecule has 1 atom stereocenters. The first-order chi connectivity index (χ1) is 8.56. The SMILES string of the molecule is Cc1ccc(C(C)Nc2cc(N)ncn2)cc1F. The number of nitrogen functional groups attached to an aromatic ring is 1. The van der Waals surface area contributed by atoms with Crippen LogP contribution < -0.4 is 11.1 Å². The van der Waals surface area contributed by atoms with E-state index in [2.05, 4.69) is 15.3 Å². The average molecular weight is 246 g/mol. The highest BCUT2D eigenvalue weighted by atomic mass is 19.1. The molecule has 0 saturated carbocycles. The summed E-state index contributed by atoms with van der Waals surface area (Å²) in [5.41, 5.74) is 7.06. The summed E-state index contributed by atoms with van der Waals surface area (Å²) in [5, 5.41) is 3.15. The van der Waals surface area contributed by atoms with Crippen LogP contribution in [-0.2, 0) is 0 Å². The van der Waals surface area contributed by atoms with Crippen LogP contribution in [0.5, 0.6) is 0 Å². The van der Waals surface area contributed by atoms with Gasteiger partial charge in [0.1, 0.15) is 23.8 Å². The highest BCUT2D eigenvalue weighted by molar-refractivity contribution is 5.45. The highest BCUT2D eigenvalue weighted by Gasteiger charge is 2.08. The van der Waals surface area contributed by atoms with Crippen molar-refractivity contribution in [2.45, 2.75) is 19.9 Å². The predicted molar refractivity (Wildman–Crippen MR) is 69.6 cm³/mol. The van der Waals surface area contributed by atoms with E-state index in [0.717, 1.165) is 5.56 Å². The van der Waals surface area contributed by atoms with Gasteiger partial charge < -0.3 is 11.1 Å². The summed E-state index contributed by atoms with van der Waals surface area (Å²) in [5.74, 6) is 0.814. The Labute approximate surface area is 105 Å². The number of hydrogen-bond acceptors (Lipinski definition) is 4. The summed E-state index contributed by atoms with van der Waals surface area (Å²) in [6.45, 7) is 3.67. The lowest BCUT2D eigenvalue weighted by Crippen LogP contribution is -2.09. The van der Waals surface area contributed by atoms with Crippen LogP contribution in [0.1, 0.15) is 24.1 Å². The number of benzene rings is 1. The Morgan fingerprint density at radius 2 is 2.06 bits per heavy atom. The summed E-state index contributed by atoms with van der Waals surface area (Å²) >= 11 is 0. The fraction of sp³-hybridized carbons (Fsp3) is 0.231. The lowest BCUT2D eigenvalue weighted by atomic mass is 10.1. The Hall–Kier alpha value is -2.17. The van der Waals surface area contributed by atoms with E-state index in [-0.39, 0.29) is 11.9 Å². The summed E-state index contributed by atoms with van der Waals surface area (Å²) in [6.07, 6.45) is 1.39. The number of hydrogen-bond donors (Lipinski definition) is 2. The van der Waals surface area contributed by atoms with Crippen molar-refractivity contribution < 1.29 is 4.39 Å². The Balaban J connectivity index is 2.16. The molecular weight excluding hydrogens is 231 g/mol. The van der Waals surface area contributed by atoms with Crippen LogP contribution >= 0.6 is 0 Å². The zero-order valence-corrected chi connectivity index (χ0v) is 10.3. The topological polar surface area (TPSA) is 63.8 Å². The minimum absolute atomic E-state index is 0.0607. The van der Waals surface area contributed by atoms with Crippen LogP contribution in [0.4, 0.5) is 16.0 Å². The highest BCUT2D eigenvalue weighted by Crippen LogP contribution is 2.20. The van der Waals surface area contributed by atoms with Gasteiger partial charge in [0, 0.05) is 6.07 Å². The fourth-order valence-electron chi connectivity index (χ4n) is 1.63. The average Bonchev–Trinajstić information content (AvgIpc) is 2.32. The first-order valence-corrected chi connectivity index (χ1v) is 5.66. The third-order valence-corrected chi connectivity index (χ3v) is 2.75. The fourth-order valence-corrected chi connectivity index (χ4v) is 1.63. The molecule has 0 radical (unpaired) electrons. The molecule has 0 aliphatic heterocycles. The zero-order chi connectivity index (χ0) is 13.1. The van der Waals surface area contributed by atoms with E-state index in [0.29, 0.717) is 17.2 Å². The van der Waals surface area contributed by atoms with E-state index in [1.165, 1.54) is 12.4 Å². The molecule has 2 aromatic rings. The second-order valence-corrected chi connectivity index (χ2v) is 4.20. The number of anilines is 2. The van der Waals surface area contributed by atoms with Crippen LogP contribution in [0.3, 0.4) is 0 Å². The van der Waals surface area contributed by atoms with Crippen LogP contribution in [0.25, 0.3) is 0 Å². The van der Waals surface area contributed by atoms with Crippen LogP contribution in [0.15, 0.2) is 30.6 Å². The summed E-state index contributed by atoms with van der Waals surface area (Å²) in [7, 11) is 0. The molecule has 0 aliphatic carbocycles. The number of nitrogens with two attached hydrogens (primary N) is 1. The zero-order valence-electron chi connectivity index (χ0n) is 10.3. The monoisotopic (exact) mass is 246 g/mol.